The van der Waals surface area contributed by atoms with E-state index >= 15 is 0 Å². The van der Waals surface area contributed by atoms with Gasteiger partial charge in [-0.25, -0.2) is 0 Å². The fraction of sp³-hybridized carbons (Fsp3) is 0.429. The van der Waals surface area contributed by atoms with E-state index in [1.807, 2.05) is 0 Å². The molecule has 7 heteroatoms. The van der Waals surface area contributed by atoms with Crippen molar-refractivity contribution in [3.05, 3.63) is 29.3 Å². The third-order valence-corrected chi connectivity index (χ3v) is 2.63. The lowest BCUT2D eigenvalue weighted by molar-refractivity contribution is -0.143. The molecule has 0 amide bonds. The zero-order valence-electron chi connectivity index (χ0n) is 11.5. The molecule has 5 nitrogen and oxygen atoms in total. The SMILES string of the molecule is CCOC(=O)CCc1cccc(CC(=O)O)c1OC(F)F. The first-order chi connectivity index (χ1) is 9.93. The van der Waals surface area contributed by atoms with Gasteiger partial charge in [0.25, 0.3) is 0 Å². The summed E-state index contributed by atoms with van der Waals surface area (Å²) in [5, 5.41) is 8.79. The van der Waals surface area contributed by atoms with E-state index in [9.17, 15) is 18.4 Å². The Hall–Kier alpha value is -2.18. The van der Waals surface area contributed by atoms with Gasteiger partial charge in [0.2, 0.25) is 0 Å². The molecular formula is C14H16F2O5. The number of ether oxygens (including phenoxy) is 2. The van der Waals surface area contributed by atoms with Crippen LogP contribution in [-0.4, -0.2) is 30.3 Å². The Kier molecular flexibility index (Phi) is 6.58. The van der Waals surface area contributed by atoms with Crippen molar-refractivity contribution in [2.45, 2.75) is 32.8 Å². The molecule has 0 aromatic heterocycles. The normalized spacial score (nSPS) is 10.5. The number of rotatable bonds is 8. The van der Waals surface area contributed by atoms with Crippen LogP contribution in [0.4, 0.5) is 8.78 Å². The zero-order valence-corrected chi connectivity index (χ0v) is 11.5. The molecule has 1 rings (SSSR count). The maximum atomic E-state index is 12.5. The smallest absolute Gasteiger partial charge is 0.387 e. The number of hydrogen-bond acceptors (Lipinski definition) is 4. The molecule has 0 unspecified atom stereocenters. The Morgan fingerprint density at radius 1 is 1.29 bits per heavy atom. The molecule has 21 heavy (non-hydrogen) atoms. The van der Waals surface area contributed by atoms with Crippen LogP contribution in [0.15, 0.2) is 18.2 Å². The van der Waals surface area contributed by atoms with Crippen LogP contribution in [0.2, 0.25) is 0 Å². The number of hydrogen-bond donors (Lipinski definition) is 1. The van der Waals surface area contributed by atoms with Crippen LogP contribution in [0.1, 0.15) is 24.5 Å². The van der Waals surface area contributed by atoms with Crippen LogP contribution in [0.5, 0.6) is 5.75 Å². The molecule has 0 saturated heterocycles. The van der Waals surface area contributed by atoms with Gasteiger partial charge in [0, 0.05) is 12.0 Å². The maximum absolute atomic E-state index is 12.5. The first-order valence-electron chi connectivity index (χ1n) is 6.37. The number of carbonyl (C=O) groups is 2. The standard InChI is InChI=1S/C14H16F2O5/c1-2-20-12(19)7-6-9-4-3-5-10(8-11(17)18)13(9)21-14(15)16/h3-5,14H,2,6-8H2,1H3,(H,17,18). The van der Waals surface area contributed by atoms with Crippen LogP contribution >= 0.6 is 0 Å². The highest BCUT2D eigenvalue weighted by molar-refractivity contribution is 5.72. The highest BCUT2D eigenvalue weighted by atomic mass is 19.3. The van der Waals surface area contributed by atoms with E-state index in [0.717, 1.165) is 0 Å². The van der Waals surface area contributed by atoms with E-state index in [0.29, 0.717) is 5.56 Å². The fourth-order valence-corrected chi connectivity index (χ4v) is 1.85. The van der Waals surface area contributed by atoms with E-state index in [2.05, 4.69) is 4.74 Å². The number of carboxylic acids is 1. The van der Waals surface area contributed by atoms with Crippen molar-refractivity contribution in [2.24, 2.45) is 0 Å². The highest BCUT2D eigenvalue weighted by Gasteiger charge is 2.17. The number of alkyl halides is 2. The molecule has 0 radical (unpaired) electrons. The first kappa shape index (κ1) is 16.9. The Labute approximate surface area is 120 Å². The van der Waals surface area contributed by atoms with Gasteiger partial charge in [-0.2, -0.15) is 8.78 Å². The molecule has 0 aliphatic heterocycles. The predicted octanol–water partition coefficient (Wildman–Crippen LogP) is 2.41. The van der Waals surface area contributed by atoms with Crippen LogP contribution in [0.3, 0.4) is 0 Å². The molecule has 0 saturated carbocycles. The Morgan fingerprint density at radius 2 is 1.95 bits per heavy atom. The van der Waals surface area contributed by atoms with Gasteiger partial charge in [0.15, 0.2) is 0 Å². The number of aryl methyl sites for hydroxylation is 1. The quantitative estimate of drug-likeness (QED) is 0.747. The second-order valence-electron chi connectivity index (χ2n) is 4.16. The van der Waals surface area contributed by atoms with Gasteiger partial charge < -0.3 is 14.6 Å². The molecule has 0 bridgehead atoms. The van der Waals surface area contributed by atoms with Crippen LogP contribution < -0.4 is 4.74 Å². The topological polar surface area (TPSA) is 72.8 Å². The van der Waals surface area contributed by atoms with Crippen LogP contribution in [0.25, 0.3) is 0 Å². The van der Waals surface area contributed by atoms with Crippen LogP contribution in [-0.2, 0) is 27.2 Å². The second kappa shape index (κ2) is 8.18. The molecule has 1 N–H and O–H groups in total. The summed E-state index contributed by atoms with van der Waals surface area (Å²) in [6.07, 6.45) is -0.298. The van der Waals surface area contributed by atoms with E-state index in [-0.39, 0.29) is 30.8 Å². The molecule has 116 valence electrons. The molecule has 0 aliphatic carbocycles. The summed E-state index contributed by atoms with van der Waals surface area (Å²) in [6, 6.07) is 4.46. The predicted molar refractivity (Wildman–Crippen MR) is 69.4 cm³/mol. The van der Waals surface area contributed by atoms with E-state index in [1.165, 1.54) is 18.2 Å². The summed E-state index contributed by atoms with van der Waals surface area (Å²) in [4.78, 5) is 22.1. The van der Waals surface area contributed by atoms with Gasteiger partial charge in [-0.1, -0.05) is 18.2 Å². The third-order valence-electron chi connectivity index (χ3n) is 2.63. The van der Waals surface area contributed by atoms with Gasteiger partial charge in [0.05, 0.1) is 13.0 Å². The lowest BCUT2D eigenvalue weighted by Crippen LogP contribution is -2.11. The first-order valence-corrected chi connectivity index (χ1v) is 6.37. The molecular weight excluding hydrogens is 286 g/mol. The van der Waals surface area contributed by atoms with E-state index in [4.69, 9.17) is 9.84 Å². The zero-order chi connectivity index (χ0) is 15.8. The molecule has 0 atom stereocenters. The number of esters is 1. The van der Waals surface area contributed by atoms with Crippen molar-refractivity contribution >= 4 is 11.9 Å². The van der Waals surface area contributed by atoms with Gasteiger partial charge in [-0.3, -0.25) is 9.59 Å². The van der Waals surface area contributed by atoms with Crippen molar-refractivity contribution in [1.82, 2.24) is 0 Å². The van der Waals surface area contributed by atoms with Crippen LogP contribution in [0, 0.1) is 0 Å². The number of aliphatic carboxylic acids is 1. The lowest BCUT2D eigenvalue weighted by Gasteiger charge is -2.14. The molecule has 0 fully saturated rings. The van der Waals surface area contributed by atoms with Gasteiger partial charge >= 0.3 is 18.6 Å². The van der Waals surface area contributed by atoms with Crippen molar-refractivity contribution in [1.29, 1.82) is 0 Å². The fourth-order valence-electron chi connectivity index (χ4n) is 1.85. The monoisotopic (exact) mass is 302 g/mol. The minimum Gasteiger partial charge on any atom is -0.481 e. The van der Waals surface area contributed by atoms with E-state index in [1.54, 1.807) is 6.92 Å². The minimum atomic E-state index is -3.07. The Balaban J connectivity index is 2.95. The molecule has 0 spiro atoms. The third kappa shape index (κ3) is 5.76. The van der Waals surface area contributed by atoms with Gasteiger partial charge in [-0.05, 0) is 18.9 Å². The molecule has 1 aromatic carbocycles. The average molecular weight is 302 g/mol. The number of halogens is 2. The summed E-state index contributed by atoms with van der Waals surface area (Å²) in [6.45, 7) is -1.17. The molecule has 0 aliphatic rings. The summed E-state index contributed by atoms with van der Waals surface area (Å²) < 4.78 is 34.1. The molecule has 0 heterocycles. The maximum Gasteiger partial charge on any atom is 0.387 e. The Bertz CT molecular complexity index is 502. The van der Waals surface area contributed by atoms with Gasteiger partial charge in [-0.15, -0.1) is 0 Å². The summed E-state index contributed by atoms with van der Waals surface area (Å²) in [5.41, 5.74) is 0.492. The minimum absolute atomic E-state index is 0.00393. The highest BCUT2D eigenvalue weighted by Crippen LogP contribution is 2.27. The number of para-hydroxylation sites is 1. The average Bonchev–Trinajstić information content (AvgIpc) is 2.38. The van der Waals surface area contributed by atoms with E-state index < -0.39 is 25.0 Å². The summed E-state index contributed by atoms with van der Waals surface area (Å²) in [5.74, 6) is -1.79. The summed E-state index contributed by atoms with van der Waals surface area (Å²) >= 11 is 0. The number of carbonyl (C=O) groups excluding carboxylic acids is 1. The number of carboxylic acid groups (broad SMARTS) is 1. The van der Waals surface area contributed by atoms with Crippen molar-refractivity contribution in [2.75, 3.05) is 6.61 Å². The number of benzene rings is 1. The van der Waals surface area contributed by atoms with Crippen molar-refractivity contribution in [3.8, 4) is 5.75 Å². The Morgan fingerprint density at radius 3 is 2.52 bits per heavy atom. The molecule has 1 aromatic rings. The van der Waals surface area contributed by atoms with Crippen molar-refractivity contribution < 1.29 is 33.0 Å². The summed E-state index contributed by atoms with van der Waals surface area (Å²) in [7, 11) is 0. The lowest BCUT2D eigenvalue weighted by atomic mass is 10.0. The second-order valence-corrected chi connectivity index (χ2v) is 4.16. The van der Waals surface area contributed by atoms with Gasteiger partial charge in [0.1, 0.15) is 5.75 Å². The largest absolute Gasteiger partial charge is 0.481 e. The van der Waals surface area contributed by atoms with Crippen molar-refractivity contribution in [3.63, 3.8) is 0 Å².